The molecule has 1 heterocycles. The standard InChI is InChI=1S/C14H11N5O/c15-14(20)12-6-3-9-1-2-10(4-5-11(9)12)13-7-8-16-18-19-17-13/h1-8H,(H2,15,20)(H,17,18). The van der Waals surface area contributed by atoms with E-state index >= 15 is 0 Å². The molecule has 3 N–H and O–H groups in total. The number of hydrazone groups is 1. The minimum absolute atomic E-state index is 0.433. The minimum Gasteiger partial charge on any atom is -0.366 e. The van der Waals surface area contributed by atoms with E-state index < -0.39 is 5.91 Å². The lowest BCUT2D eigenvalue weighted by atomic mass is 10.1. The maximum absolute atomic E-state index is 11.4. The van der Waals surface area contributed by atoms with E-state index in [1.165, 1.54) is 0 Å². The Hall–Kier alpha value is -3.02. The van der Waals surface area contributed by atoms with Crippen molar-refractivity contribution in [3.63, 3.8) is 0 Å². The number of nitrogens with zero attached hydrogens (tertiary/aromatic N) is 3. The summed E-state index contributed by atoms with van der Waals surface area (Å²) in [5.41, 5.74) is 11.6. The molecule has 0 atom stereocenters. The lowest BCUT2D eigenvalue weighted by molar-refractivity contribution is 0.100. The van der Waals surface area contributed by atoms with Crippen molar-refractivity contribution in [2.45, 2.75) is 0 Å². The molecule has 6 nitrogen and oxygen atoms in total. The highest BCUT2D eigenvalue weighted by atomic mass is 16.1. The SMILES string of the molecule is NC(=O)c1ccc2ccc(C3=CC=NNN=N3)ccc1-2. The molecule has 20 heavy (non-hydrogen) atoms. The number of amides is 1. The Kier molecular flexibility index (Phi) is 2.96. The van der Waals surface area contributed by atoms with Crippen LogP contribution in [0, 0.1) is 0 Å². The first-order valence-electron chi connectivity index (χ1n) is 5.98. The van der Waals surface area contributed by atoms with Gasteiger partial charge in [-0.3, -0.25) is 4.79 Å². The number of fused-ring (bicyclic) bond motifs is 1. The minimum atomic E-state index is -0.433. The van der Waals surface area contributed by atoms with Crippen molar-refractivity contribution in [2.24, 2.45) is 21.2 Å². The van der Waals surface area contributed by atoms with Gasteiger partial charge in [0.25, 0.3) is 0 Å². The van der Waals surface area contributed by atoms with Gasteiger partial charge in [-0.1, -0.05) is 35.6 Å². The number of rotatable bonds is 2. The molecule has 0 saturated carbocycles. The molecular formula is C14H11N5O. The third-order valence-electron chi connectivity index (χ3n) is 3.03. The Morgan fingerprint density at radius 3 is 2.65 bits per heavy atom. The van der Waals surface area contributed by atoms with Crippen molar-refractivity contribution >= 4 is 17.8 Å². The van der Waals surface area contributed by atoms with Gasteiger partial charge in [0, 0.05) is 11.1 Å². The Balaban J connectivity index is 2.10. The van der Waals surface area contributed by atoms with E-state index in [1.807, 2.05) is 30.3 Å². The smallest absolute Gasteiger partial charge is 0.249 e. The number of hydrogen-bond donors (Lipinski definition) is 2. The summed E-state index contributed by atoms with van der Waals surface area (Å²) in [7, 11) is 0. The summed E-state index contributed by atoms with van der Waals surface area (Å²) in [6.45, 7) is 0. The van der Waals surface area contributed by atoms with Gasteiger partial charge in [0.1, 0.15) is 0 Å². The normalized spacial score (nSPS) is 13.7. The molecule has 0 aromatic heterocycles. The van der Waals surface area contributed by atoms with Gasteiger partial charge in [0.05, 0.1) is 11.9 Å². The first-order chi connectivity index (χ1) is 9.75. The van der Waals surface area contributed by atoms with Gasteiger partial charge in [-0.2, -0.15) is 10.6 Å². The van der Waals surface area contributed by atoms with Crippen LogP contribution in [0.2, 0.25) is 0 Å². The molecule has 0 spiro atoms. The molecule has 3 rings (SSSR count). The van der Waals surface area contributed by atoms with Crippen molar-refractivity contribution in [3.05, 3.63) is 53.6 Å². The number of nitrogens with two attached hydrogens (primary N) is 1. The number of nitrogens with one attached hydrogen (secondary N) is 1. The van der Waals surface area contributed by atoms with E-state index in [9.17, 15) is 4.79 Å². The predicted molar refractivity (Wildman–Crippen MR) is 76.0 cm³/mol. The van der Waals surface area contributed by atoms with E-state index in [0.717, 1.165) is 16.7 Å². The molecule has 0 fully saturated rings. The van der Waals surface area contributed by atoms with Crippen LogP contribution in [-0.4, -0.2) is 12.1 Å². The fourth-order valence-electron chi connectivity index (χ4n) is 2.06. The Bertz CT molecular complexity index is 732. The van der Waals surface area contributed by atoms with Gasteiger partial charge in [-0.05, 0) is 23.3 Å². The molecule has 0 bridgehead atoms. The van der Waals surface area contributed by atoms with Crippen LogP contribution in [-0.2, 0) is 0 Å². The van der Waals surface area contributed by atoms with Gasteiger partial charge in [0.15, 0.2) is 0 Å². The fourth-order valence-corrected chi connectivity index (χ4v) is 2.06. The van der Waals surface area contributed by atoms with E-state index in [0.29, 0.717) is 11.3 Å². The van der Waals surface area contributed by atoms with Crippen molar-refractivity contribution in [1.82, 2.24) is 5.53 Å². The van der Waals surface area contributed by atoms with E-state index in [2.05, 4.69) is 21.0 Å². The average Bonchev–Trinajstić information content (AvgIpc) is 2.62. The summed E-state index contributed by atoms with van der Waals surface area (Å²) in [6, 6.07) is 11.2. The highest BCUT2D eigenvalue weighted by molar-refractivity contribution is 6.01. The monoisotopic (exact) mass is 265 g/mol. The number of carbonyl (C=O) groups is 1. The zero-order valence-electron chi connectivity index (χ0n) is 10.4. The van der Waals surface area contributed by atoms with Crippen LogP contribution >= 0.6 is 0 Å². The van der Waals surface area contributed by atoms with E-state index in [4.69, 9.17) is 5.73 Å². The third kappa shape index (κ3) is 2.14. The zero-order chi connectivity index (χ0) is 13.9. The Morgan fingerprint density at radius 1 is 1.05 bits per heavy atom. The predicted octanol–water partition coefficient (Wildman–Crippen LogP) is 2.19. The van der Waals surface area contributed by atoms with Crippen molar-refractivity contribution in [3.8, 4) is 11.1 Å². The van der Waals surface area contributed by atoms with Crippen molar-refractivity contribution in [1.29, 1.82) is 0 Å². The Labute approximate surface area is 115 Å². The Morgan fingerprint density at radius 2 is 1.80 bits per heavy atom. The average molecular weight is 265 g/mol. The van der Waals surface area contributed by atoms with Gasteiger partial charge in [0.2, 0.25) is 5.91 Å². The lowest BCUT2D eigenvalue weighted by Crippen LogP contribution is -2.10. The quantitative estimate of drug-likeness (QED) is 0.871. The first kappa shape index (κ1) is 12.0. The third-order valence-corrected chi connectivity index (χ3v) is 3.03. The van der Waals surface area contributed by atoms with Gasteiger partial charge >= 0.3 is 0 Å². The van der Waals surface area contributed by atoms with Crippen LogP contribution in [0.25, 0.3) is 16.8 Å². The van der Waals surface area contributed by atoms with Crippen LogP contribution in [0.5, 0.6) is 0 Å². The van der Waals surface area contributed by atoms with Crippen molar-refractivity contribution < 1.29 is 4.79 Å². The molecule has 3 aliphatic rings. The molecule has 0 saturated heterocycles. The molecular weight excluding hydrogens is 254 g/mol. The second-order valence-corrected chi connectivity index (χ2v) is 4.23. The highest BCUT2D eigenvalue weighted by Crippen LogP contribution is 2.28. The second-order valence-electron chi connectivity index (χ2n) is 4.23. The van der Waals surface area contributed by atoms with Gasteiger partial charge < -0.3 is 5.73 Å². The van der Waals surface area contributed by atoms with Gasteiger partial charge in [-0.15, -0.1) is 5.11 Å². The molecule has 1 aliphatic heterocycles. The lowest BCUT2D eigenvalue weighted by Gasteiger charge is -1.95. The maximum atomic E-state index is 11.4. The number of carbonyl (C=O) groups excluding carboxylic acids is 1. The van der Waals surface area contributed by atoms with Crippen molar-refractivity contribution in [2.75, 3.05) is 0 Å². The summed E-state index contributed by atoms with van der Waals surface area (Å²) in [5, 5.41) is 11.5. The van der Waals surface area contributed by atoms with Crippen LogP contribution in [0.4, 0.5) is 0 Å². The molecule has 1 amide bonds. The topological polar surface area (TPSA) is 92.2 Å². The van der Waals surface area contributed by atoms with Crippen LogP contribution in [0.3, 0.4) is 0 Å². The largest absolute Gasteiger partial charge is 0.366 e. The molecule has 0 aromatic rings. The molecule has 0 radical (unpaired) electrons. The highest BCUT2D eigenvalue weighted by Gasteiger charge is 2.12. The van der Waals surface area contributed by atoms with Gasteiger partial charge in [-0.25, -0.2) is 0 Å². The van der Waals surface area contributed by atoms with Crippen LogP contribution in [0.15, 0.2) is 57.9 Å². The van der Waals surface area contributed by atoms with E-state index in [-0.39, 0.29) is 0 Å². The number of primary amides is 1. The summed E-state index contributed by atoms with van der Waals surface area (Å²) in [5.74, 6) is -0.433. The summed E-state index contributed by atoms with van der Waals surface area (Å²) in [6.07, 6.45) is 3.33. The zero-order valence-corrected chi connectivity index (χ0v) is 10.4. The van der Waals surface area contributed by atoms with Crippen LogP contribution in [0.1, 0.15) is 15.9 Å². The second kappa shape index (κ2) is 4.93. The first-order valence-corrected chi connectivity index (χ1v) is 5.98. The summed E-state index contributed by atoms with van der Waals surface area (Å²) >= 11 is 0. The van der Waals surface area contributed by atoms with Crippen LogP contribution < -0.4 is 11.3 Å². The maximum Gasteiger partial charge on any atom is 0.249 e. The molecule has 0 unspecified atom stereocenters. The molecule has 6 heteroatoms. The summed E-state index contributed by atoms with van der Waals surface area (Å²) < 4.78 is 0. The number of allylic oxidation sites excluding steroid dienone is 1. The molecule has 2 aliphatic carbocycles. The fraction of sp³-hybridized carbons (Fsp3) is 0. The molecule has 98 valence electrons. The number of hydrogen-bond acceptors (Lipinski definition) is 5. The van der Waals surface area contributed by atoms with E-state index in [1.54, 1.807) is 18.4 Å². The summed E-state index contributed by atoms with van der Waals surface area (Å²) in [4.78, 5) is 11.4. The molecule has 0 aromatic carbocycles.